The van der Waals surface area contributed by atoms with E-state index in [0.29, 0.717) is 34.6 Å². The maximum Gasteiger partial charge on any atom is 0.316 e. The summed E-state index contributed by atoms with van der Waals surface area (Å²) in [6.07, 6.45) is 0. The molecule has 0 fully saturated rings. The highest BCUT2D eigenvalue weighted by molar-refractivity contribution is 6.01. The monoisotopic (exact) mass is 318 g/mol. The van der Waals surface area contributed by atoms with E-state index in [1.807, 2.05) is 6.92 Å². The van der Waals surface area contributed by atoms with Crippen molar-refractivity contribution in [3.05, 3.63) is 24.3 Å². The van der Waals surface area contributed by atoms with Gasteiger partial charge in [-0.05, 0) is 33.8 Å². The summed E-state index contributed by atoms with van der Waals surface area (Å²) in [6, 6.07) is 6.70. The molecule has 0 aromatic heterocycles. The van der Waals surface area contributed by atoms with Gasteiger partial charge in [0.1, 0.15) is 11.5 Å². The van der Waals surface area contributed by atoms with Crippen LogP contribution in [0.2, 0.25) is 0 Å². The molecular formula is C18H22O5. The normalized spacial score (nSPS) is 11.3. The summed E-state index contributed by atoms with van der Waals surface area (Å²) < 4.78 is 16.4. The van der Waals surface area contributed by atoms with E-state index in [2.05, 4.69) is 0 Å². The molecule has 0 aliphatic carbocycles. The number of carbonyl (C=O) groups excluding carboxylic acids is 1. The zero-order valence-electron chi connectivity index (χ0n) is 14.1. The number of carbonyl (C=O) groups is 1. The van der Waals surface area contributed by atoms with Gasteiger partial charge in [0, 0.05) is 11.5 Å². The minimum atomic E-state index is -0.660. The van der Waals surface area contributed by atoms with Crippen LogP contribution in [0, 0.1) is 5.41 Å². The SMILES string of the molecule is CCOc1cc(O)c2c(OC)cccc2c1OC(=O)C(C)(C)C. The highest BCUT2D eigenvalue weighted by Crippen LogP contribution is 2.45. The van der Waals surface area contributed by atoms with E-state index >= 15 is 0 Å². The quantitative estimate of drug-likeness (QED) is 0.684. The first kappa shape index (κ1) is 16.9. The van der Waals surface area contributed by atoms with Gasteiger partial charge in [-0.25, -0.2) is 0 Å². The molecule has 0 unspecified atom stereocenters. The molecule has 5 heteroatoms. The van der Waals surface area contributed by atoms with Crippen molar-refractivity contribution in [2.24, 2.45) is 5.41 Å². The fourth-order valence-corrected chi connectivity index (χ4v) is 2.16. The predicted molar refractivity (Wildman–Crippen MR) is 88.4 cm³/mol. The molecule has 0 radical (unpaired) electrons. The van der Waals surface area contributed by atoms with Crippen molar-refractivity contribution < 1.29 is 24.1 Å². The van der Waals surface area contributed by atoms with Gasteiger partial charge in [-0.1, -0.05) is 12.1 Å². The van der Waals surface area contributed by atoms with Crippen molar-refractivity contribution in [3.63, 3.8) is 0 Å². The Labute approximate surface area is 135 Å². The summed E-state index contributed by atoms with van der Waals surface area (Å²) in [6.45, 7) is 7.54. The summed E-state index contributed by atoms with van der Waals surface area (Å²) in [4.78, 5) is 12.3. The Kier molecular flexibility index (Phi) is 4.68. The molecule has 5 nitrogen and oxygen atoms in total. The number of esters is 1. The molecule has 0 amide bonds. The number of aromatic hydroxyl groups is 1. The van der Waals surface area contributed by atoms with Gasteiger partial charge in [0.15, 0.2) is 11.5 Å². The average Bonchev–Trinajstić information content (AvgIpc) is 2.49. The van der Waals surface area contributed by atoms with Gasteiger partial charge >= 0.3 is 5.97 Å². The number of hydrogen-bond acceptors (Lipinski definition) is 5. The lowest BCUT2D eigenvalue weighted by atomic mass is 9.97. The van der Waals surface area contributed by atoms with E-state index in [4.69, 9.17) is 14.2 Å². The van der Waals surface area contributed by atoms with E-state index in [0.717, 1.165) is 0 Å². The Hall–Kier alpha value is -2.43. The molecule has 0 aliphatic rings. The zero-order chi connectivity index (χ0) is 17.2. The van der Waals surface area contributed by atoms with Crippen LogP contribution < -0.4 is 14.2 Å². The maximum absolute atomic E-state index is 12.3. The highest BCUT2D eigenvalue weighted by atomic mass is 16.6. The van der Waals surface area contributed by atoms with Crippen LogP contribution in [0.5, 0.6) is 23.0 Å². The number of methoxy groups -OCH3 is 1. The molecule has 124 valence electrons. The first-order valence-corrected chi connectivity index (χ1v) is 7.47. The zero-order valence-corrected chi connectivity index (χ0v) is 14.1. The summed E-state index contributed by atoms with van der Waals surface area (Å²) in [5.74, 6) is 0.739. The molecule has 1 N–H and O–H groups in total. The van der Waals surface area contributed by atoms with Gasteiger partial charge in [-0.3, -0.25) is 4.79 Å². The van der Waals surface area contributed by atoms with Crippen LogP contribution >= 0.6 is 0 Å². The molecule has 0 spiro atoms. The third kappa shape index (κ3) is 3.33. The fourth-order valence-electron chi connectivity index (χ4n) is 2.16. The van der Waals surface area contributed by atoms with Gasteiger partial charge in [-0.2, -0.15) is 0 Å². The Morgan fingerprint density at radius 2 is 1.91 bits per heavy atom. The summed E-state index contributed by atoms with van der Waals surface area (Å²) in [5, 5.41) is 11.4. The average molecular weight is 318 g/mol. The molecule has 0 saturated carbocycles. The predicted octanol–water partition coefficient (Wildman–Crippen LogP) is 3.90. The smallest absolute Gasteiger partial charge is 0.316 e. The van der Waals surface area contributed by atoms with E-state index < -0.39 is 5.41 Å². The van der Waals surface area contributed by atoms with Crippen LogP contribution in [0.4, 0.5) is 0 Å². The topological polar surface area (TPSA) is 65.0 Å². The second-order valence-corrected chi connectivity index (χ2v) is 6.18. The van der Waals surface area contributed by atoms with E-state index in [1.165, 1.54) is 13.2 Å². The summed E-state index contributed by atoms with van der Waals surface area (Å²) >= 11 is 0. The molecule has 2 aromatic rings. The van der Waals surface area contributed by atoms with Crippen LogP contribution in [0.1, 0.15) is 27.7 Å². The van der Waals surface area contributed by atoms with E-state index in [1.54, 1.807) is 39.0 Å². The second-order valence-electron chi connectivity index (χ2n) is 6.18. The number of hydrogen-bond donors (Lipinski definition) is 1. The first-order valence-electron chi connectivity index (χ1n) is 7.47. The summed E-state index contributed by atoms with van der Waals surface area (Å²) in [5.41, 5.74) is -0.660. The molecule has 0 aliphatic heterocycles. The lowest BCUT2D eigenvalue weighted by Gasteiger charge is -2.20. The van der Waals surface area contributed by atoms with Crippen LogP contribution in [-0.2, 0) is 4.79 Å². The van der Waals surface area contributed by atoms with Crippen molar-refractivity contribution >= 4 is 16.7 Å². The minimum absolute atomic E-state index is 0.0106. The lowest BCUT2D eigenvalue weighted by molar-refractivity contribution is -0.143. The Morgan fingerprint density at radius 1 is 1.22 bits per heavy atom. The fraction of sp³-hybridized carbons (Fsp3) is 0.389. The Morgan fingerprint density at radius 3 is 2.48 bits per heavy atom. The van der Waals surface area contributed by atoms with E-state index in [9.17, 15) is 9.90 Å². The number of fused-ring (bicyclic) bond motifs is 1. The number of benzene rings is 2. The molecular weight excluding hydrogens is 296 g/mol. The van der Waals surface area contributed by atoms with Crippen molar-refractivity contribution in [1.29, 1.82) is 0 Å². The molecule has 0 heterocycles. The van der Waals surface area contributed by atoms with Gasteiger partial charge < -0.3 is 19.3 Å². The molecule has 2 aromatic carbocycles. The van der Waals surface area contributed by atoms with Crippen LogP contribution in [0.3, 0.4) is 0 Å². The van der Waals surface area contributed by atoms with Crippen LogP contribution in [-0.4, -0.2) is 24.8 Å². The van der Waals surface area contributed by atoms with Crippen LogP contribution in [0.25, 0.3) is 10.8 Å². The largest absolute Gasteiger partial charge is 0.507 e. The number of phenols is 1. The van der Waals surface area contributed by atoms with Gasteiger partial charge in [0.05, 0.1) is 24.5 Å². The maximum atomic E-state index is 12.3. The van der Waals surface area contributed by atoms with Crippen molar-refractivity contribution in [2.45, 2.75) is 27.7 Å². The van der Waals surface area contributed by atoms with Gasteiger partial charge in [-0.15, -0.1) is 0 Å². The minimum Gasteiger partial charge on any atom is -0.507 e. The second kappa shape index (κ2) is 6.36. The molecule has 0 bridgehead atoms. The molecule has 0 saturated heterocycles. The number of phenolic OH excluding ortho intramolecular Hbond substituents is 1. The Bertz CT molecular complexity index is 728. The third-order valence-corrected chi connectivity index (χ3v) is 3.35. The van der Waals surface area contributed by atoms with Crippen molar-refractivity contribution in [2.75, 3.05) is 13.7 Å². The number of rotatable bonds is 4. The molecule has 2 rings (SSSR count). The van der Waals surface area contributed by atoms with Crippen molar-refractivity contribution in [1.82, 2.24) is 0 Å². The van der Waals surface area contributed by atoms with Crippen molar-refractivity contribution in [3.8, 4) is 23.0 Å². The third-order valence-electron chi connectivity index (χ3n) is 3.35. The lowest BCUT2D eigenvalue weighted by Crippen LogP contribution is -2.25. The standard InChI is InChI=1S/C18H22O5/c1-6-22-14-10-12(19)15-11(8-7-9-13(15)21-5)16(14)23-17(20)18(2,3)4/h7-10,19H,6H2,1-5H3. The number of ether oxygens (including phenoxy) is 3. The van der Waals surface area contributed by atoms with Gasteiger partial charge in [0.25, 0.3) is 0 Å². The van der Waals surface area contributed by atoms with Gasteiger partial charge in [0.2, 0.25) is 0 Å². The highest BCUT2D eigenvalue weighted by Gasteiger charge is 2.27. The van der Waals surface area contributed by atoms with Crippen LogP contribution in [0.15, 0.2) is 24.3 Å². The molecule has 0 atom stereocenters. The Balaban J connectivity index is 2.70. The summed E-state index contributed by atoms with van der Waals surface area (Å²) in [7, 11) is 1.52. The van der Waals surface area contributed by atoms with E-state index in [-0.39, 0.29) is 11.7 Å². The first-order chi connectivity index (χ1) is 10.8. The molecule has 23 heavy (non-hydrogen) atoms.